The highest BCUT2D eigenvalue weighted by molar-refractivity contribution is 6.36. The monoisotopic (exact) mass is 391 g/mol. The lowest BCUT2D eigenvalue weighted by Gasteiger charge is -2.07. The average Bonchev–Trinajstić information content (AvgIpc) is 2.61. The smallest absolute Gasteiger partial charge is 0.240 e. The van der Waals surface area contributed by atoms with Gasteiger partial charge in [-0.15, -0.1) is 0 Å². The summed E-state index contributed by atoms with van der Waals surface area (Å²) in [5, 5.41) is 7.48. The molecule has 0 radical (unpaired) electrons. The molecule has 0 saturated carbocycles. The summed E-state index contributed by atoms with van der Waals surface area (Å²) in [7, 11) is 0. The number of halogens is 2. The molecule has 2 aromatic rings. The number of nitrogens with one attached hydrogen (secondary N) is 2. The first-order valence-electron chi connectivity index (χ1n) is 8.05. The van der Waals surface area contributed by atoms with E-state index in [1.165, 1.54) is 0 Å². The summed E-state index contributed by atoms with van der Waals surface area (Å²) in [6.07, 6.45) is 1.00. The van der Waals surface area contributed by atoms with E-state index in [2.05, 4.69) is 15.8 Å². The van der Waals surface area contributed by atoms with Gasteiger partial charge in [0, 0.05) is 17.2 Å². The molecule has 7 heteroatoms. The van der Waals surface area contributed by atoms with Gasteiger partial charge >= 0.3 is 0 Å². The van der Waals surface area contributed by atoms with Crippen molar-refractivity contribution in [3.05, 3.63) is 64.1 Å². The Morgan fingerprint density at radius 3 is 2.46 bits per heavy atom. The van der Waals surface area contributed by atoms with Gasteiger partial charge in [0.1, 0.15) is 0 Å². The molecule has 0 unspecified atom stereocenters. The zero-order chi connectivity index (χ0) is 18.9. The maximum absolute atomic E-state index is 12.0. The number of hydrazone groups is 1. The number of rotatable bonds is 7. The van der Waals surface area contributed by atoms with Crippen molar-refractivity contribution in [3.63, 3.8) is 0 Å². The van der Waals surface area contributed by atoms with Crippen LogP contribution in [0.2, 0.25) is 10.0 Å². The first-order valence-corrected chi connectivity index (χ1v) is 8.80. The number of anilines is 1. The Morgan fingerprint density at radius 2 is 1.77 bits per heavy atom. The maximum atomic E-state index is 12.0. The van der Waals surface area contributed by atoms with E-state index in [9.17, 15) is 9.59 Å². The largest absolute Gasteiger partial charge is 0.324 e. The topological polar surface area (TPSA) is 70.6 Å². The van der Waals surface area contributed by atoms with E-state index < -0.39 is 0 Å². The van der Waals surface area contributed by atoms with Gasteiger partial charge < -0.3 is 5.32 Å². The number of benzene rings is 2. The molecule has 2 N–H and O–H groups in total. The summed E-state index contributed by atoms with van der Waals surface area (Å²) in [5.41, 5.74) is 4.51. The van der Waals surface area contributed by atoms with Gasteiger partial charge in [-0.3, -0.25) is 9.59 Å². The number of aryl methyl sites for hydroxylation is 1. The molecule has 2 aromatic carbocycles. The molecular formula is C19H19Cl2N3O2. The molecule has 26 heavy (non-hydrogen) atoms. The van der Waals surface area contributed by atoms with Crippen LogP contribution in [0.1, 0.15) is 25.3 Å². The van der Waals surface area contributed by atoms with Crippen LogP contribution in [-0.2, 0) is 16.0 Å². The lowest BCUT2D eigenvalue weighted by Crippen LogP contribution is -2.21. The molecule has 2 amide bonds. The fourth-order valence-corrected chi connectivity index (χ4v) is 2.63. The van der Waals surface area contributed by atoms with Gasteiger partial charge in [0.2, 0.25) is 11.8 Å². The van der Waals surface area contributed by atoms with E-state index in [0.29, 0.717) is 34.3 Å². The van der Waals surface area contributed by atoms with Gasteiger partial charge in [-0.2, -0.15) is 5.10 Å². The lowest BCUT2D eigenvalue weighted by atomic mass is 10.1. The Balaban J connectivity index is 1.77. The Bertz CT molecular complexity index is 808. The van der Waals surface area contributed by atoms with Crippen molar-refractivity contribution < 1.29 is 9.59 Å². The SMILES string of the molecule is CC(CC(=O)Nc1ccc(Cl)cc1Cl)=NNC(=O)CCc1ccccc1. The van der Waals surface area contributed by atoms with Crippen molar-refractivity contribution >= 4 is 46.4 Å². The number of hydrogen-bond acceptors (Lipinski definition) is 3. The van der Waals surface area contributed by atoms with E-state index in [1.54, 1.807) is 25.1 Å². The highest BCUT2D eigenvalue weighted by Gasteiger charge is 2.08. The molecule has 0 bridgehead atoms. The van der Waals surface area contributed by atoms with Gasteiger partial charge in [0.25, 0.3) is 0 Å². The van der Waals surface area contributed by atoms with Crippen LogP contribution in [0.3, 0.4) is 0 Å². The molecular weight excluding hydrogens is 373 g/mol. The highest BCUT2D eigenvalue weighted by Crippen LogP contribution is 2.25. The number of carbonyl (C=O) groups is 2. The number of nitrogens with zero attached hydrogens (tertiary/aromatic N) is 1. The molecule has 5 nitrogen and oxygen atoms in total. The standard InChI is InChI=1S/C19H19Cl2N3O2/c1-13(11-19(26)22-17-9-8-15(20)12-16(17)21)23-24-18(25)10-7-14-5-3-2-4-6-14/h2-6,8-9,12H,7,10-11H2,1H3,(H,22,26)(H,24,25). The molecule has 136 valence electrons. The molecule has 0 spiro atoms. The second-order valence-electron chi connectivity index (χ2n) is 5.72. The number of carbonyl (C=O) groups excluding carboxylic acids is 2. The van der Waals surface area contributed by atoms with Crippen LogP contribution >= 0.6 is 23.2 Å². The third-order valence-electron chi connectivity index (χ3n) is 3.48. The number of amides is 2. The van der Waals surface area contributed by atoms with Crippen LogP contribution in [0.5, 0.6) is 0 Å². The van der Waals surface area contributed by atoms with Crippen LogP contribution in [0, 0.1) is 0 Å². The summed E-state index contributed by atoms with van der Waals surface area (Å²) in [4.78, 5) is 23.8. The van der Waals surface area contributed by atoms with Crippen molar-refractivity contribution in [2.75, 3.05) is 5.32 Å². The maximum Gasteiger partial charge on any atom is 0.240 e. The van der Waals surface area contributed by atoms with Crippen LogP contribution in [0.4, 0.5) is 5.69 Å². The summed E-state index contributed by atoms with van der Waals surface area (Å²) in [6.45, 7) is 1.67. The van der Waals surface area contributed by atoms with Gasteiger partial charge in [0.05, 0.1) is 17.1 Å². The molecule has 0 saturated heterocycles. The minimum atomic E-state index is -0.283. The Labute approximate surface area is 162 Å². The van der Waals surface area contributed by atoms with Crippen LogP contribution in [0.15, 0.2) is 53.6 Å². The quantitative estimate of drug-likeness (QED) is 0.540. The fourth-order valence-electron chi connectivity index (χ4n) is 2.17. The molecule has 0 aliphatic rings. The molecule has 0 fully saturated rings. The predicted molar refractivity (Wildman–Crippen MR) is 106 cm³/mol. The van der Waals surface area contributed by atoms with E-state index in [1.807, 2.05) is 30.3 Å². The molecule has 0 aliphatic heterocycles. The molecule has 0 aliphatic carbocycles. The van der Waals surface area contributed by atoms with E-state index >= 15 is 0 Å². The van der Waals surface area contributed by atoms with Crippen LogP contribution < -0.4 is 10.7 Å². The Kier molecular flexibility index (Phi) is 7.63. The first-order chi connectivity index (χ1) is 12.4. The third kappa shape index (κ3) is 6.86. The zero-order valence-electron chi connectivity index (χ0n) is 14.3. The van der Waals surface area contributed by atoms with Gasteiger partial charge in [-0.05, 0) is 37.1 Å². The van der Waals surface area contributed by atoms with Gasteiger partial charge in [0.15, 0.2) is 0 Å². The summed E-state index contributed by atoms with van der Waals surface area (Å²) in [6, 6.07) is 14.5. The summed E-state index contributed by atoms with van der Waals surface area (Å²) in [5.74, 6) is -0.483. The second-order valence-corrected chi connectivity index (χ2v) is 6.56. The van der Waals surface area contributed by atoms with Gasteiger partial charge in [-0.25, -0.2) is 5.43 Å². The van der Waals surface area contributed by atoms with Crippen LogP contribution in [0.25, 0.3) is 0 Å². The predicted octanol–water partition coefficient (Wildman–Crippen LogP) is 4.45. The summed E-state index contributed by atoms with van der Waals surface area (Å²) < 4.78 is 0. The molecule has 0 aromatic heterocycles. The number of hydrogen-bond donors (Lipinski definition) is 2. The average molecular weight is 392 g/mol. The molecule has 2 rings (SSSR count). The molecule has 0 atom stereocenters. The van der Waals surface area contributed by atoms with Crippen LogP contribution in [-0.4, -0.2) is 17.5 Å². The Hall–Kier alpha value is -2.37. The van der Waals surface area contributed by atoms with Crippen molar-refractivity contribution in [1.29, 1.82) is 0 Å². The van der Waals surface area contributed by atoms with Crippen molar-refractivity contribution in [2.45, 2.75) is 26.2 Å². The summed E-state index contributed by atoms with van der Waals surface area (Å²) >= 11 is 11.8. The highest BCUT2D eigenvalue weighted by atomic mass is 35.5. The first kappa shape index (κ1) is 19.9. The van der Waals surface area contributed by atoms with Gasteiger partial charge in [-0.1, -0.05) is 53.5 Å². The van der Waals surface area contributed by atoms with Crippen molar-refractivity contribution in [1.82, 2.24) is 5.43 Å². The van der Waals surface area contributed by atoms with E-state index in [-0.39, 0.29) is 18.2 Å². The lowest BCUT2D eigenvalue weighted by molar-refractivity contribution is -0.121. The zero-order valence-corrected chi connectivity index (χ0v) is 15.8. The van der Waals surface area contributed by atoms with E-state index in [4.69, 9.17) is 23.2 Å². The second kappa shape index (κ2) is 9.94. The Morgan fingerprint density at radius 1 is 1.04 bits per heavy atom. The third-order valence-corrected chi connectivity index (χ3v) is 4.02. The normalized spacial score (nSPS) is 11.1. The van der Waals surface area contributed by atoms with E-state index in [0.717, 1.165) is 5.56 Å². The minimum absolute atomic E-state index is 0.0396. The van der Waals surface area contributed by atoms with Crippen molar-refractivity contribution in [2.24, 2.45) is 5.10 Å². The molecule has 0 heterocycles. The minimum Gasteiger partial charge on any atom is -0.324 e. The fraction of sp³-hybridized carbons (Fsp3) is 0.211. The van der Waals surface area contributed by atoms with Crippen molar-refractivity contribution in [3.8, 4) is 0 Å².